The van der Waals surface area contributed by atoms with Gasteiger partial charge in [0.05, 0.1) is 5.69 Å². The maximum absolute atomic E-state index is 12.2. The van der Waals surface area contributed by atoms with Gasteiger partial charge in [-0.15, -0.1) is 0 Å². The molecule has 0 atom stereocenters. The van der Waals surface area contributed by atoms with Crippen molar-refractivity contribution < 1.29 is 9.21 Å². The predicted molar refractivity (Wildman–Crippen MR) is 101 cm³/mol. The van der Waals surface area contributed by atoms with Crippen LogP contribution in [0.1, 0.15) is 21.7 Å². The molecule has 0 saturated carbocycles. The monoisotopic (exact) mass is 375 g/mol. The van der Waals surface area contributed by atoms with Gasteiger partial charge < -0.3 is 9.73 Å². The molecule has 0 bridgehead atoms. The molecule has 0 amide bonds. The molecule has 0 aliphatic heterocycles. The van der Waals surface area contributed by atoms with E-state index in [1.54, 1.807) is 13.0 Å². The summed E-state index contributed by atoms with van der Waals surface area (Å²) in [4.78, 5) is 22.9. The summed E-state index contributed by atoms with van der Waals surface area (Å²) in [6.07, 6.45) is 0. The summed E-state index contributed by atoms with van der Waals surface area (Å²) >= 11 is 11.3. The highest BCUT2D eigenvalue weighted by Gasteiger charge is 2.23. The number of carbonyl (C=O) groups excluding carboxylic acids is 1. The lowest BCUT2D eigenvalue weighted by Crippen LogP contribution is -2.22. The maximum Gasteiger partial charge on any atom is 0.349 e. The number of alkyl halides is 2. The Labute approximate surface area is 154 Å². The van der Waals surface area contributed by atoms with E-state index in [2.05, 4.69) is 5.32 Å². The van der Waals surface area contributed by atoms with Gasteiger partial charge in [-0.2, -0.15) is 0 Å². The molecule has 4 nitrogen and oxygen atoms in total. The van der Waals surface area contributed by atoms with Crippen LogP contribution in [0.2, 0.25) is 0 Å². The number of benzene rings is 2. The van der Waals surface area contributed by atoms with Crippen LogP contribution in [-0.4, -0.2) is 10.6 Å². The average Bonchev–Trinajstić information content (AvgIpc) is 2.58. The van der Waals surface area contributed by atoms with Crippen molar-refractivity contribution in [3.63, 3.8) is 0 Å². The molecular weight excluding hydrogens is 361 g/mol. The van der Waals surface area contributed by atoms with Gasteiger partial charge in [0.15, 0.2) is 4.84 Å². The maximum atomic E-state index is 12.2. The van der Waals surface area contributed by atoms with Gasteiger partial charge in [0, 0.05) is 12.6 Å². The number of nitrogens with one attached hydrogen (secondary N) is 1. The minimum Gasteiger partial charge on any atom is -0.428 e. The number of halogens is 2. The highest BCUT2D eigenvalue weighted by Crippen LogP contribution is 2.22. The Balaban J connectivity index is 1.98. The number of hydrogen-bond donors (Lipinski definition) is 1. The second-order valence-electron chi connectivity index (χ2n) is 5.59. The van der Waals surface area contributed by atoms with Crippen LogP contribution in [0.3, 0.4) is 0 Å². The van der Waals surface area contributed by atoms with E-state index in [0.717, 1.165) is 16.3 Å². The Bertz CT molecular complexity index is 990. The number of rotatable bonds is 5. The SMILES string of the molecule is Cc1cc(NCc2cccc3ccccc23)c(C(=O)C(Cl)Cl)c(=O)o1. The van der Waals surface area contributed by atoms with Crippen LogP contribution < -0.4 is 10.9 Å². The third-order valence-electron chi connectivity index (χ3n) is 3.87. The number of hydrogen-bond acceptors (Lipinski definition) is 4. The summed E-state index contributed by atoms with van der Waals surface area (Å²) in [5.41, 5.74) is 0.478. The van der Waals surface area contributed by atoms with Crippen molar-refractivity contribution in [1.29, 1.82) is 0 Å². The van der Waals surface area contributed by atoms with E-state index in [0.29, 0.717) is 18.0 Å². The Morgan fingerprint density at radius 3 is 2.64 bits per heavy atom. The molecule has 2 aromatic carbocycles. The second-order valence-corrected chi connectivity index (χ2v) is 6.69. The minimum atomic E-state index is -1.33. The Morgan fingerprint density at radius 1 is 1.16 bits per heavy atom. The van der Waals surface area contributed by atoms with Gasteiger partial charge in [0.2, 0.25) is 5.78 Å². The van der Waals surface area contributed by atoms with Crippen molar-refractivity contribution in [1.82, 2.24) is 0 Å². The van der Waals surface area contributed by atoms with Crippen LogP contribution in [0.15, 0.2) is 57.7 Å². The first-order valence-electron chi connectivity index (χ1n) is 7.65. The van der Waals surface area contributed by atoms with Crippen molar-refractivity contribution in [2.75, 3.05) is 5.32 Å². The van der Waals surface area contributed by atoms with Crippen molar-refractivity contribution in [2.45, 2.75) is 18.3 Å². The van der Waals surface area contributed by atoms with Gasteiger partial charge >= 0.3 is 5.63 Å². The number of Topliss-reactive ketones (excluding diaryl/α,β-unsaturated/α-hetero) is 1. The number of anilines is 1. The summed E-state index contributed by atoms with van der Waals surface area (Å²) in [5.74, 6) is -0.292. The molecule has 0 aliphatic rings. The van der Waals surface area contributed by atoms with Crippen molar-refractivity contribution >= 4 is 45.4 Å². The fourth-order valence-corrected chi connectivity index (χ4v) is 2.95. The van der Waals surface area contributed by atoms with E-state index >= 15 is 0 Å². The zero-order valence-electron chi connectivity index (χ0n) is 13.4. The van der Waals surface area contributed by atoms with E-state index in [4.69, 9.17) is 27.6 Å². The van der Waals surface area contributed by atoms with Gasteiger partial charge in [-0.05, 0) is 23.3 Å². The molecule has 25 heavy (non-hydrogen) atoms. The van der Waals surface area contributed by atoms with Crippen molar-refractivity contribution in [3.05, 3.63) is 75.8 Å². The molecule has 0 spiro atoms. The fraction of sp³-hybridized carbons (Fsp3) is 0.158. The molecule has 0 unspecified atom stereocenters. The molecule has 0 aliphatic carbocycles. The molecule has 128 valence electrons. The summed E-state index contributed by atoms with van der Waals surface area (Å²) in [5, 5.41) is 5.35. The highest BCUT2D eigenvalue weighted by atomic mass is 35.5. The van der Waals surface area contributed by atoms with Crippen LogP contribution in [-0.2, 0) is 6.54 Å². The third kappa shape index (κ3) is 3.70. The summed E-state index contributed by atoms with van der Waals surface area (Å²) < 4.78 is 5.01. The van der Waals surface area contributed by atoms with Crippen molar-refractivity contribution in [2.24, 2.45) is 0 Å². The zero-order valence-corrected chi connectivity index (χ0v) is 14.9. The number of aryl methyl sites for hydroxylation is 1. The van der Waals surface area contributed by atoms with Gasteiger partial charge in [0.25, 0.3) is 0 Å². The molecule has 1 aromatic heterocycles. The van der Waals surface area contributed by atoms with Gasteiger partial charge in [-0.25, -0.2) is 4.79 Å². The van der Waals surface area contributed by atoms with Crippen LogP contribution in [0.25, 0.3) is 10.8 Å². The van der Waals surface area contributed by atoms with E-state index in [1.165, 1.54) is 0 Å². The molecule has 0 saturated heterocycles. The highest BCUT2D eigenvalue weighted by molar-refractivity contribution is 6.55. The van der Waals surface area contributed by atoms with E-state index in [1.807, 2.05) is 42.5 Å². The molecule has 1 heterocycles. The predicted octanol–water partition coefficient (Wildman–Crippen LogP) is 4.70. The topological polar surface area (TPSA) is 59.3 Å². The lowest BCUT2D eigenvalue weighted by molar-refractivity contribution is 0.100. The van der Waals surface area contributed by atoms with Crippen LogP contribution in [0.5, 0.6) is 0 Å². The smallest absolute Gasteiger partial charge is 0.349 e. The third-order valence-corrected chi connectivity index (χ3v) is 4.26. The Kier molecular flexibility index (Phi) is 5.11. The normalized spacial score (nSPS) is 11.0. The Hall–Kier alpha value is -2.30. The lowest BCUT2D eigenvalue weighted by atomic mass is 10.0. The van der Waals surface area contributed by atoms with E-state index < -0.39 is 16.2 Å². The first-order valence-corrected chi connectivity index (χ1v) is 8.52. The van der Waals surface area contributed by atoms with Gasteiger partial charge in [0.1, 0.15) is 11.3 Å². The van der Waals surface area contributed by atoms with Crippen LogP contribution >= 0.6 is 23.2 Å². The first kappa shape index (κ1) is 17.5. The molecule has 3 rings (SSSR count). The Morgan fingerprint density at radius 2 is 1.88 bits per heavy atom. The van der Waals surface area contributed by atoms with E-state index in [-0.39, 0.29) is 5.56 Å². The summed E-state index contributed by atoms with van der Waals surface area (Å²) in [7, 11) is 0. The molecule has 0 radical (unpaired) electrons. The van der Waals surface area contributed by atoms with Crippen molar-refractivity contribution in [3.8, 4) is 0 Å². The first-order chi connectivity index (χ1) is 12.0. The van der Waals surface area contributed by atoms with Crippen LogP contribution in [0, 0.1) is 6.92 Å². The van der Waals surface area contributed by atoms with Crippen LogP contribution in [0.4, 0.5) is 5.69 Å². The molecule has 1 N–H and O–H groups in total. The number of ketones is 1. The lowest BCUT2D eigenvalue weighted by Gasteiger charge is -2.13. The largest absolute Gasteiger partial charge is 0.428 e. The molecule has 3 aromatic rings. The zero-order chi connectivity index (χ0) is 18.0. The number of carbonyl (C=O) groups is 1. The summed E-state index contributed by atoms with van der Waals surface area (Å²) in [6.45, 7) is 2.07. The number of fused-ring (bicyclic) bond motifs is 1. The second kappa shape index (κ2) is 7.30. The molecular formula is C19H15Cl2NO3. The molecule has 6 heteroatoms. The fourth-order valence-electron chi connectivity index (χ4n) is 2.73. The average molecular weight is 376 g/mol. The molecule has 0 fully saturated rings. The summed E-state index contributed by atoms with van der Waals surface area (Å²) in [6, 6.07) is 15.6. The standard InChI is InChI=1S/C19H15Cl2NO3/c1-11-9-15(16(19(24)25-11)17(23)18(20)21)22-10-13-7-4-6-12-5-2-3-8-14(12)13/h2-9,18,22H,10H2,1H3. The van der Waals surface area contributed by atoms with E-state index in [9.17, 15) is 9.59 Å². The quantitative estimate of drug-likeness (QED) is 0.518. The van der Waals surface area contributed by atoms with Gasteiger partial charge in [-0.3, -0.25) is 4.79 Å². The minimum absolute atomic E-state index is 0.166. The van der Waals surface area contributed by atoms with Gasteiger partial charge in [-0.1, -0.05) is 65.7 Å².